The summed E-state index contributed by atoms with van der Waals surface area (Å²) in [6, 6.07) is 7.90. The van der Waals surface area contributed by atoms with E-state index in [1.54, 1.807) is 12.3 Å². The number of nitrogens with one attached hydrogen (secondary N) is 1. The largest absolute Gasteiger partial charge is 0.346 e. The SMILES string of the molecule is CCc1nc(CN2C[C@@H]3C[C@H](C2)c2cc(-c4cccnc4)cc(=O)n2C3)c(C)[nH]1. The Morgan fingerprint density at radius 1 is 1.21 bits per heavy atom. The van der Waals surface area contributed by atoms with Gasteiger partial charge in [-0.05, 0) is 37.0 Å². The predicted molar refractivity (Wildman–Crippen MR) is 113 cm³/mol. The van der Waals surface area contributed by atoms with Crippen LogP contribution in [-0.4, -0.2) is 37.5 Å². The number of imidazole rings is 1. The van der Waals surface area contributed by atoms with Crippen molar-refractivity contribution < 1.29 is 0 Å². The van der Waals surface area contributed by atoms with Crippen molar-refractivity contribution in [1.82, 2.24) is 24.4 Å². The third-order valence-corrected chi connectivity index (χ3v) is 6.37. The Morgan fingerprint density at radius 3 is 2.86 bits per heavy atom. The molecule has 2 atom stereocenters. The van der Waals surface area contributed by atoms with Gasteiger partial charge < -0.3 is 9.55 Å². The van der Waals surface area contributed by atoms with Crippen molar-refractivity contribution in [2.24, 2.45) is 5.92 Å². The van der Waals surface area contributed by atoms with Crippen molar-refractivity contribution in [3.63, 3.8) is 0 Å². The molecule has 3 aromatic rings. The zero-order chi connectivity index (χ0) is 20.0. The third-order valence-electron chi connectivity index (χ3n) is 6.37. The number of hydrogen-bond donors (Lipinski definition) is 1. The fourth-order valence-corrected chi connectivity index (χ4v) is 4.98. The van der Waals surface area contributed by atoms with Gasteiger partial charge in [-0.2, -0.15) is 0 Å². The summed E-state index contributed by atoms with van der Waals surface area (Å²) >= 11 is 0. The van der Waals surface area contributed by atoms with E-state index in [4.69, 9.17) is 4.98 Å². The van der Waals surface area contributed by atoms with Gasteiger partial charge in [0.25, 0.3) is 5.56 Å². The highest BCUT2D eigenvalue weighted by Gasteiger charge is 2.35. The molecule has 1 N–H and O–H groups in total. The number of pyridine rings is 2. The summed E-state index contributed by atoms with van der Waals surface area (Å²) in [4.78, 5) is 27.8. The van der Waals surface area contributed by atoms with E-state index < -0.39 is 0 Å². The number of H-pyrrole nitrogens is 1. The minimum Gasteiger partial charge on any atom is -0.346 e. The summed E-state index contributed by atoms with van der Waals surface area (Å²) in [6.45, 7) is 7.93. The Labute approximate surface area is 170 Å². The van der Waals surface area contributed by atoms with E-state index in [9.17, 15) is 4.79 Å². The summed E-state index contributed by atoms with van der Waals surface area (Å²) in [7, 11) is 0. The second-order valence-corrected chi connectivity index (χ2v) is 8.46. The van der Waals surface area contributed by atoms with Crippen LogP contribution in [-0.2, 0) is 19.5 Å². The lowest BCUT2D eigenvalue weighted by molar-refractivity contribution is 0.113. The van der Waals surface area contributed by atoms with E-state index in [0.717, 1.165) is 61.7 Å². The van der Waals surface area contributed by atoms with Crippen molar-refractivity contribution in [1.29, 1.82) is 0 Å². The summed E-state index contributed by atoms with van der Waals surface area (Å²) in [5.41, 5.74) is 5.59. The lowest BCUT2D eigenvalue weighted by Crippen LogP contribution is -2.46. The number of nitrogens with zero attached hydrogens (tertiary/aromatic N) is 4. The van der Waals surface area contributed by atoms with Gasteiger partial charge in [0.1, 0.15) is 5.82 Å². The van der Waals surface area contributed by atoms with Gasteiger partial charge in [0, 0.05) is 73.9 Å². The highest BCUT2D eigenvalue weighted by molar-refractivity contribution is 5.62. The van der Waals surface area contributed by atoms with E-state index in [1.165, 1.54) is 11.4 Å². The quantitative estimate of drug-likeness (QED) is 0.745. The van der Waals surface area contributed by atoms with Crippen LogP contribution in [0.4, 0.5) is 0 Å². The molecule has 0 amide bonds. The van der Waals surface area contributed by atoms with Gasteiger partial charge in [-0.15, -0.1) is 0 Å². The first-order valence-electron chi connectivity index (χ1n) is 10.5. The Morgan fingerprint density at radius 2 is 2.10 bits per heavy atom. The van der Waals surface area contributed by atoms with E-state index in [0.29, 0.717) is 11.8 Å². The van der Waals surface area contributed by atoms with Gasteiger partial charge >= 0.3 is 0 Å². The van der Waals surface area contributed by atoms with Crippen LogP contribution < -0.4 is 5.56 Å². The molecule has 3 aromatic heterocycles. The first-order chi connectivity index (χ1) is 14.1. The van der Waals surface area contributed by atoms with Gasteiger partial charge in [-0.1, -0.05) is 13.0 Å². The highest BCUT2D eigenvalue weighted by atomic mass is 16.1. The standard InChI is InChI=1S/C23H27N5O/c1-3-22-25-15(2)20(26-22)14-27-11-16-7-19(13-27)21-8-18(9-23(29)28(21)12-16)17-5-4-6-24-10-17/h4-6,8-10,16,19H,3,7,11-14H2,1-2H3,(H,25,26)/t16-,19+/m0/s1. The van der Waals surface area contributed by atoms with Gasteiger partial charge in [0.2, 0.25) is 0 Å². The molecule has 0 aromatic carbocycles. The molecule has 6 heteroatoms. The number of aryl methyl sites for hydroxylation is 2. The first-order valence-corrected chi connectivity index (χ1v) is 10.5. The van der Waals surface area contributed by atoms with Crippen molar-refractivity contribution >= 4 is 0 Å². The van der Waals surface area contributed by atoms with Gasteiger partial charge in [0.15, 0.2) is 0 Å². The summed E-state index contributed by atoms with van der Waals surface area (Å²) < 4.78 is 2.00. The lowest BCUT2D eigenvalue weighted by Gasteiger charge is -2.42. The number of fused-ring (bicyclic) bond motifs is 4. The summed E-state index contributed by atoms with van der Waals surface area (Å²) in [5.74, 6) is 1.97. The fourth-order valence-electron chi connectivity index (χ4n) is 4.98. The first kappa shape index (κ1) is 18.3. The zero-order valence-corrected chi connectivity index (χ0v) is 17.1. The van der Waals surface area contributed by atoms with Gasteiger partial charge in [0.05, 0.1) is 5.69 Å². The topological polar surface area (TPSA) is 66.8 Å². The van der Waals surface area contributed by atoms with Crippen molar-refractivity contribution in [2.45, 2.75) is 45.7 Å². The Hall–Kier alpha value is -2.73. The maximum atomic E-state index is 12.9. The molecule has 6 nitrogen and oxygen atoms in total. The number of hydrogen-bond acceptors (Lipinski definition) is 4. The molecular weight excluding hydrogens is 362 g/mol. The Balaban J connectivity index is 1.44. The molecule has 1 saturated heterocycles. The van der Waals surface area contributed by atoms with Crippen molar-refractivity contribution in [3.05, 3.63) is 69.9 Å². The van der Waals surface area contributed by atoms with E-state index in [1.807, 2.05) is 22.9 Å². The van der Waals surface area contributed by atoms with Crippen molar-refractivity contribution in [2.75, 3.05) is 13.1 Å². The van der Waals surface area contributed by atoms with E-state index in [-0.39, 0.29) is 5.56 Å². The lowest BCUT2D eigenvalue weighted by atomic mass is 9.82. The van der Waals surface area contributed by atoms with Gasteiger partial charge in [-0.3, -0.25) is 14.7 Å². The molecule has 5 rings (SSSR count). The summed E-state index contributed by atoms with van der Waals surface area (Å²) in [5, 5.41) is 0. The molecule has 0 aliphatic carbocycles. The molecule has 5 heterocycles. The monoisotopic (exact) mass is 389 g/mol. The maximum Gasteiger partial charge on any atom is 0.251 e. The second-order valence-electron chi connectivity index (χ2n) is 8.46. The predicted octanol–water partition coefficient (Wildman–Crippen LogP) is 3.12. The molecule has 2 aliphatic heterocycles. The van der Waals surface area contributed by atoms with Crippen molar-refractivity contribution in [3.8, 4) is 11.1 Å². The van der Waals surface area contributed by atoms with Crippen LogP contribution in [0.15, 0.2) is 41.5 Å². The zero-order valence-electron chi connectivity index (χ0n) is 17.1. The maximum absolute atomic E-state index is 12.9. The molecule has 0 saturated carbocycles. The second kappa shape index (κ2) is 7.26. The van der Waals surface area contributed by atoms with Crippen LogP contribution in [0.2, 0.25) is 0 Å². The third kappa shape index (κ3) is 3.42. The van der Waals surface area contributed by atoms with E-state index >= 15 is 0 Å². The van der Waals surface area contributed by atoms with Crippen LogP contribution in [0.1, 0.15) is 42.2 Å². The average Bonchev–Trinajstić information content (AvgIpc) is 3.09. The minimum atomic E-state index is 0.111. The average molecular weight is 390 g/mol. The molecule has 0 spiro atoms. The van der Waals surface area contributed by atoms with E-state index in [2.05, 4.69) is 34.8 Å². The molecule has 1 fully saturated rings. The highest BCUT2D eigenvalue weighted by Crippen LogP contribution is 2.37. The number of likely N-dealkylation sites (tertiary alicyclic amines) is 1. The number of aromatic amines is 1. The molecule has 2 bridgehead atoms. The van der Waals surface area contributed by atoms with Gasteiger partial charge in [-0.25, -0.2) is 4.98 Å². The molecule has 2 aliphatic rings. The number of piperidine rings is 1. The van der Waals surface area contributed by atoms with Crippen LogP contribution in [0.25, 0.3) is 11.1 Å². The normalized spacial score (nSPS) is 21.2. The number of aromatic nitrogens is 4. The number of rotatable bonds is 4. The smallest absolute Gasteiger partial charge is 0.251 e. The summed E-state index contributed by atoms with van der Waals surface area (Å²) in [6.07, 6.45) is 5.68. The van der Waals surface area contributed by atoms with Crippen LogP contribution in [0.5, 0.6) is 0 Å². The van der Waals surface area contributed by atoms with Crippen LogP contribution >= 0.6 is 0 Å². The Kier molecular flexibility index (Phi) is 4.59. The molecule has 0 radical (unpaired) electrons. The molecule has 0 unspecified atom stereocenters. The molecule has 29 heavy (non-hydrogen) atoms. The van der Waals surface area contributed by atoms with Crippen LogP contribution in [0.3, 0.4) is 0 Å². The van der Waals surface area contributed by atoms with Crippen LogP contribution in [0, 0.1) is 12.8 Å². The molecule has 150 valence electrons. The fraction of sp³-hybridized carbons (Fsp3) is 0.435. The minimum absolute atomic E-state index is 0.111. The Bertz CT molecular complexity index is 1080. The molecular formula is C23H27N5O.